The van der Waals surface area contributed by atoms with Gasteiger partial charge in [-0.15, -0.1) is 0 Å². The van der Waals surface area contributed by atoms with Crippen molar-refractivity contribution in [3.05, 3.63) is 70.8 Å². The van der Waals surface area contributed by atoms with Gasteiger partial charge in [0, 0.05) is 11.5 Å². The molecule has 0 aliphatic heterocycles. The van der Waals surface area contributed by atoms with Crippen molar-refractivity contribution in [1.29, 1.82) is 0 Å². The summed E-state index contributed by atoms with van der Waals surface area (Å²) in [5, 5.41) is 0. The van der Waals surface area contributed by atoms with Crippen molar-refractivity contribution in [3.63, 3.8) is 0 Å². The van der Waals surface area contributed by atoms with Crippen molar-refractivity contribution in [2.45, 2.75) is 52.4 Å². The van der Waals surface area contributed by atoms with Crippen LogP contribution >= 0.6 is 0 Å². The van der Waals surface area contributed by atoms with Crippen LogP contribution in [0.15, 0.2) is 48.5 Å². The lowest BCUT2D eigenvalue weighted by Gasteiger charge is -2.16. The van der Waals surface area contributed by atoms with Crippen LogP contribution in [-0.2, 0) is 0 Å². The summed E-state index contributed by atoms with van der Waals surface area (Å²) in [4.78, 5) is 12.9. The van der Waals surface area contributed by atoms with Gasteiger partial charge in [-0.2, -0.15) is 0 Å². The predicted molar refractivity (Wildman–Crippen MR) is 93.8 cm³/mol. The second-order valence-electron chi connectivity index (χ2n) is 6.69. The minimum atomic E-state index is -0.108. The fourth-order valence-corrected chi connectivity index (χ4v) is 2.63. The fraction of sp³-hybridized carbons (Fsp3) is 0.381. The molecule has 0 saturated carbocycles. The molecule has 2 aromatic rings. The molecule has 2 rings (SSSR count). The summed E-state index contributed by atoms with van der Waals surface area (Å²) in [6, 6.07) is 16.4. The Morgan fingerprint density at radius 2 is 1.23 bits per heavy atom. The van der Waals surface area contributed by atoms with Crippen molar-refractivity contribution in [3.8, 4) is 0 Å². The topological polar surface area (TPSA) is 17.1 Å². The number of carbonyl (C=O) groups is 1. The Hall–Kier alpha value is -1.89. The van der Waals surface area contributed by atoms with E-state index < -0.39 is 0 Å². The lowest BCUT2D eigenvalue weighted by molar-refractivity contribution is 0.0966. The van der Waals surface area contributed by atoms with E-state index in [1.165, 1.54) is 11.1 Å². The van der Waals surface area contributed by atoms with Crippen LogP contribution < -0.4 is 0 Å². The van der Waals surface area contributed by atoms with E-state index in [9.17, 15) is 4.79 Å². The van der Waals surface area contributed by atoms with E-state index in [2.05, 4.69) is 45.9 Å². The summed E-state index contributed by atoms with van der Waals surface area (Å²) in [7, 11) is 0. The smallest absolute Gasteiger partial charge is 0.170 e. The molecule has 2 aromatic carbocycles. The average Bonchev–Trinajstić information content (AvgIpc) is 2.53. The zero-order chi connectivity index (χ0) is 16.3. The zero-order valence-corrected chi connectivity index (χ0v) is 14.3. The van der Waals surface area contributed by atoms with Crippen LogP contribution in [0, 0.1) is 0 Å². The summed E-state index contributed by atoms with van der Waals surface area (Å²) in [6.45, 7) is 10.7. The van der Waals surface area contributed by atoms with Crippen molar-refractivity contribution in [2.75, 3.05) is 0 Å². The maximum atomic E-state index is 12.9. The second-order valence-corrected chi connectivity index (χ2v) is 6.69. The van der Waals surface area contributed by atoms with Crippen molar-refractivity contribution in [2.24, 2.45) is 0 Å². The van der Waals surface area contributed by atoms with E-state index in [4.69, 9.17) is 0 Å². The standard InChI is InChI=1S/C21H26O/c1-14(2)18-11-19(15(3)4)13-20(12-18)21(22)16(5)17-9-7-6-8-10-17/h6-16H,1-5H3. The minimum absolute atomic E-state index is 0.108. The highest BCUT2D eigenvalue weighted by atomic mass is 16.1. The summed E-state index contributed by atoms with van der Waals surface area (Å²) in [6.07, 6.45) is 0. The molecular formula is C21H26O. The third-order valence-electron chi connectivity index (χ3n) is 4.29. The van der Waals surface area contributed by atoms with E-state index in [0.29, 0.717) is 11.8 Å². The monoisotopic (exact) mass is 294 g/mol. The zero-order valence-electron chi connectivity index (χ0n) is 14.3. The molecule has 0 aliphatic rings. The number of ketones is 1. The molecule has 0 radical (unpaired) electrons. The lowest BCUT2D eigenvalue weighted by atomic mass is 9.87. The molecule has 0 fully saturated rings. The first-order valence-electron chi connectivity index (χ1n) is 8.14. The van der Waals surface area contributed by atoms with E-state index in [1.807, 2.05) is 37.3 Å². The van der Waals surface area contributed by atoms with Gasteiger partial charge >= 0.3 is 0 Å². The molecule has 0 aromatic heterocycles. The first-order valence-corrected chi connectivity index (χ1v) is 8.14. The predicted octanol–water partition coefficient (Wildman–Crippen LogP) is 5.92. The molecule has 0 amide bonds. The van der Waals surface area contributed by atoms with Gasteiger partial charge in [0.2, 0.25) is 0 Å². The van der Waals surface area contributed by atoms with E-state index in [-0.39, 0.29) is 11.7 Å². The number of carbonyl (C=O) groups excluding carboxylic acids is 1. The fourth-order valence-electron chi connectivity index (χ4n) is 2.63. The maximum Gasteiger partial charge on any atom is 0.170 e. The largest absolute Gasteiger partial charge is 0.294 e. The highest BCUT2D eigenvalue weighted by molar-refractivity contribution is 6.01. The Balaban J connectivity index is 2.40. The molecule has 1 unspecified atom stereocenters. The minimum Gasteiger partial charge on any atom is -0.294 e. The third kappa shape index (κ3) is 3.65. The first-order chi connectivity index (χ1) is 10.4. The average molecular weight is 294 g/mol. The molecule has 1 atom stereocenters. The molecule has 0 N–H and O–H groups in total. The highest BCUT2D eigenvalue weighted by Crippen LogP contribution is 2.27. The SMILES string of the molecule is CC(C)c1cc(C(=O)C(C)c2ccccc2)cc(C(C)C)c1. The van der Waals surface area contributed by atoms with Crippen LogP contribution in [0.2, 0.25) is 0 Å². The van der Waals surface area contributed by atoms with Crippen molar-refractivity contribution >= 4 is 5.78 Å². The Kier molecular flexibility index (Phi) is 5.18. The van der Waals surface area contributed by atoms with Gasteiger partial charge in [0.05, 0.1) is 0 Å². The van der Waals surface area contributed by atoms with E-state index in [0.717, 1.165) is 11.1 Å². The normalized spacial score (nSPS) is 12.7. The Morgan fingerprint density at radius 1 is 0.727 bits per heavy atom. The molecule has 1 heteroatoms. The molecule has 116 valence electrons. The van der Waals surface area contributed by atoms with Gasteiger partial charge in [0.25, 0.3) is 0 Å². The van der Waals surface area contributed by atoms with Crippen LogP contribution in [0.5, 0.6) is 0 Å². The number of benzene rings is 2. The van der Waals surface area contributed by atoms with E-state index in [1.54, 1.807) is 0 Å². The summed E-state index contributed by atoms with van der Waals surface area (Å²) in [5.41, 5.74) is 4.41. The van der Waals surface area contributed by atoms with Crippen LogP contribution in [0.4, 0.5) is 0 Å². The number of Topliss-reactive ketones (excluding diaryl/α,β-unsaturated/α-hetero) is 1. The maximum absolute atomic E-state index is 12.9. The Bertz CT molecular complexity index is 612. The molecule has 22 heavy (non-hydrogen) atoms. The molecule has 1 nitrogen and oxygen atoms in total. The molecule has 0 heterocycles. The Labute approximate surface area is 134 Å². The van der Waals surface area contributed by atoms with Gasteiger partial charge in [0.1, 0.15) is 0 Å². The van der Waals surface area contributed by atoms with E-state index >= 15 is 0 Å². The van der Waals surface area contributed by atoms with Crippen LogP contribution in [0.1, 0.15) is 79.4 Å². The Morgan fingerprint density at radius 3 is 1.68 bits per heavy atom. The lowest BCUT2D eigenvalue weighted by Crippen LogP contribution is -2.11. The van der Waals surface area contributed by atoms with Gasteiger partial charge in [0.15, 0.2) is 5.78 Å². The first kappa shape index (κ1) is 16.5. The van der Waals surface area contributed by atoms with Crippen LogP contribution in [-0.4, -0.2) is 5.78 Å². The van der Waals surface area contributed by atoms with Crippen molar-refractivity contribution in [1.82, 2.24) is 0 Å². The van der Waals surface area contributed by atoms with Gasteiger partial charge < -0.3 is 0 Å². The molecule has 0 saturated heterocycles. The van der Waals surface area contributed by atoms with Gasteiger partial charge in [-0.05, 0) is 40.7 Å². The van der Waals surface area contributed by atoms with Crippen molar-refractivity contribution < 1.29 is 4.79 Å². The second kappa shape index (κ2) is 6.91. The molecule has 0 aliphatic carbocycles. The molecule has 0 bridgehead atoms. The van der Waals surface area contributed by atoms with Gasteiger partial charge in [-0.25, -0.2) is 0 Å². The third-order valence-corrected chi connectivity index (χ3v) is 4.29. The van der Waals surface area contributed by atoms with Gasteiger partial charge in [-0.1, -0.05) is 71.0 Å². The number of rotatable bonds is 5. The summed E-state index contributed by atoms with van der Waals surface area (Å²) >= 11 is 0. The molecular weight excluding hydrogens is 268 g/mol. The van der Waals surface area contributed by atoms with Crippen LogP contribution in [0.25, 0.3) is 0 Å². The van der Waals surface area contributed by atoms with Gasteiger partial charge in [-0.3, -0.25) is 4.79 Å². The van der Waals surface area contributed by atoms with Crippen LogP contribution in [0.3, 0.4) is 0 Å². The quantitative estimate of drug-likeness (QED) is 0.625. The number of hydrogen-bond donors (Lipinski definition) is 0. The summed E-state index contributed by atoms with van der Waals surface area (Å²) in [5.74, 6) is 0.953. The summed E-state index contributed by atoms with van der Waals surface area (Å²) < 4.78 is 0. The highest BCUT2D eigenvalue weighted by Gasteiger charge is 2.19. The number of hydrogen-bond acceptors (Lipinski definition) is 1. The molecule has 0 spiro atoms.